The van der Waals surface area contributed by atoms with E-state index in [9.17, 15) is 9.59 Å². The zero-order valence-corrected chi connectivity index (χ0v) is 18.2. The molecule has 1 atom stereocenters. The molecule has 23 heavy (non-hydrogen) atoms. The van der Waals surface area contributed by atoms with Gasteiger partial charge in [0.25, 0.3) is 0 Å². The quantitative estimate of drug-likeness (QED) is 0.439. The Bertz CT molecular complexity index is 375. The highest BCUT2D eigenvalue weighted by atomic mass is 28.4. The van der Waals surface area contributed by atoms with E-state index in [2.05, 4.69) is 43.5 Å². The number of esters is 2. The van der Waals surface area contributed by atoms with Gasteiger partial charge in [-0.3, -0.25) is 9.59 Å². The van der Waals surface area contributed by atoms with E-state index in [1.54, 1.807) is 0 Å². The lowest BCUT2D eigenvalue weighted by Crippen LogP contribution is -2.65. The number of hydrogen-bond acceptors (Lipinski definition) is 5. The van der Waals surface area contributed by atoms with E-state index in [0.717, 1.165) is 12.8 Å². The van der Waals surface area contributed by atoms with Gasteiger partial charge in [0.05, 0.1) is 19.6 Å². The van der Waals surface area contributed by atoms with Gasteiger partial charge in [0.2, 0.25) is 0 Å². The maximum absolute atomic E-state index is 12.6. The molecule has 0 aromatic rings. The van der Waals surface area contributed by atoms with Crippen molar-refractivity contribution in [3.05, 3.63) is 0 Å². The van der Waals surface area contributed by atoms with Gasteiger partial charge in [0, 0.05) is 0 Å². The highest BCUT2D eigenvalue weighted by Gasteiger charge is 2.44. The van der Waals surface area contributed by atoms with Crippen molar-refractivity contribution in [3.8, 4) is 0 Å². The molecule has 1 unspecified atom stereocenters. The summed E-state index contributed by atoms with van der Waals surface area (Å²) < 4.78 is 12.9. The molecule has 0 heterocycles. The molecular formula is C16H35NO4Si2. The van der Waals surface area contributed by atoms with Crippen molar-refractivity contribution in [3.63, 3.8) is 0 Å². The number of hydrogen-bond donors (Lipinski definition) is 0. The van der Waals surface area contributed by atoms with Gasteiger partial charge in [-0.05, 0) is 12.8 Å². The van der Waals surface area contributed by atoms with Crippen LogP contribution in [-0.4, -0.2) is 51.9 Å². The molecular weight excluding hydrogens is 326 g/mol. The summed E-state index contributed by atoms with van der Waals surface area (Å²) >= 11 is 0. The third-order valence-electron chi connectivity index (χ3n) is 3.30. The average Bonchev–Trinajstić information content (AvgIpc) is 2.38. The van der Waals surface area contributed by atoms with Gasteiger partial charge in [0.1, 0.15) is 22.5 Å². The maximum atomic E-state index is 12.6. The molecule has 0 aliphatic heterocycles. The summed E-state index contributed by atoms with van der Waals surface area (Å²) in [7, 11) is -3.60. The second kappa shape index (κ2) is 9.59. The van der Waals surface area contributed by atoms with Gasteiger partial charge in [0.15, 0.2) is 0 Å². The summed E-state index contributed by atoms with van der Waals surface area (Å²) in [5, 5.41) is 0. The monoisotopic (exact) mass is 361 g/mol. The predicted octanol–water partition coefficient (Wildman–Crippen LogP) is 3.62. The lowest BCUT2D eigenvalue weighted by molar-refractivity contribution is -0.154. The molecule has 0 spiro atoms. The van der Waals surface area contributed by atoms with Crippen molar-refractivity contribution in [1.29, 1.82) is 0 Å². The zero-order chi connectivity index (χ0) is 18.3. The first-order valence-electron chi connectivity index (χ1n) is 8.56. The molecule has 0 aliphatic rings. The Morgan fingerprint density at radius 2 is 1.30 bits per heavy atom. The van der Waals surface area contributed by atoms with Crippen LogP contribution in [0.1, 0.15) is 33.1 Å². The van der Waals surface area contributed by atoms with E-state index >= 15 is 0 Å². The third kappa shape index (κ3) is 8.12. The van der Waals surface area contributed by atoms with Crippen molar-refractivity contribution in [2.45, 2.75) is 78.4 Å². The Morgan fingerprint density at radius 1 is 0.870 bits per heavy atom. The van der Waals surface area contributed by atoms with Crippen molar-refractivity contribution < 1.29 is 19.1 Å². The lowest BCUT2D eigenvalue weighted by Gasteiger charge is -2.47. The highest BCUT2D eigenvalue weighted by Crippen LogP contribution is 2.26. The molecule has 0 saturated carbocycles. The second-order valence-electron chi connectivity index (χ2n) is 7.82. The van der Waals surface area contributed by atoms with E-state index in [-0.39, 0.29) is 18.4 Å². The minimum Gasteiger partial charge on any atom is -0.466 e. The summed E-state index contributed by atoms with van der Waals surface area (Å²) in [4.78, 5) is 24.7. The highest BCUT2D eigenvalue weighted by molar-refractivity contribution is 6.89. The van der Waals surface area contributed by atoms with Crippen molar-refractivity contribution >= 4 is 28.4 Å². The molecule has 136 valence electrons. The molecule has 0 N–H and O–H groups in total. The first-order chi connectivity index (χ1) is 10.4. The Morgan fingerprint density at radius 3 is 1.70 bits per heavy atom. The molecule has 0 rings (SSSR count). The van der Waals surface area contributed by atoms with Crippen LogP contribution >= 0.6 is 0 Å². The summed E-state index contributed by atoms with van der Waals surface area (Å²) in [6, 6.07) is -0.524. The fourth-order valence-electron chi connectivity index (χ4n) is 2.95. The van der Waals surface area contributed by atoms with E-state index in [1.807, 2.05) is 13.8 Å². The summed E-state index contributed by atoms with van der Waals surface area (Å²) in [5.74, 6) is -0.600. The van der Waals surface area contributed by atoms with Crippen LogP contribution in [0.15, 0.2) is 0 Å². The number of carbonyl (C=O) groups excluding carboxylic acids is 2. The third-order valence-corrected chi connectivity index (χ3v) is 10.8. The van der Waals surface area contributed by atoms with Crippen molar-refractivity contribution in [2.75, 3.05) is 13.2 Å². The fraction of sp³-hybridized carbons (Fsp3) is 0.875. The molecule has 7 heteroatoms. The smallest absolute Gasteiger partial charge is 0.322 e. The van der Waals surface area contributed by atoms with Crippen LogP contribution in [-0.2, 0) is 19.1 Å². The van der Waals surface area contributed by atoms with Gasteiger partial charge in [-0.1, -0.05) is 53.1 Å². The van der Waals surface area contributed by atoms with Gasteiger partial charge >= 0.3 is 11.9 Å². The molecule has 5 nitrogen and oxygen atoms in total. The maximum Gasteiger partial charge on any atom is 0.322 e. The minimum absolute atomic E-state index is 0.0804. The molecule has 0 fully saturated rings. The van der Waals surface area contributed by atoms with E-state index in [0.29, 0.717) is 13.2 Å². The Balaban J connectivity index is 5.44. The second-order valence-corrected chi connectivity index (χ2v) is 17.9. The van der Waals surface area contributed by atoms with Crippen LogP contribution in [0.5, 0.6) is 0 Å². The molecule has 0 radical (unpaired) electrons. The molecule has 0 aromatic heterocycles. The average molecular weight is 362 g/mol. The summed E-state index contributed by atoms with van der Waals surface area (Å²) in [6.07, 6.45) is 1.64. The number of ether oxygens (including phenoxy) is 2. The van der Waals surface area contributed by atoms with Crippen molar-refractivity contribution in [1.82, 2.24) is 4.23 Å². The largest absolute Gasteiger partial charge is 0.466 e. The Kier molecular flexibility index (Phi) is 9.31. The zero-order valence-electron chi connectivity index (χ0n) is 16.2. The predicted molar refractivity (Wildman–Crippen MR) is 99.4 cm³/mol. The van der Waals surface area contributed by atoms with E-state index < -0.39 is 22.5 Å². The molecule has 0 bridgehead atoms. The number of carbonyl (C=O) groups is 2. The molecule has 0 saturated heterocycles. The van der Waals surface area contributed by atoms with Gasteiger partial charge in [-0.2, -0.15) is 0 Å². The first kappa shape index (κ1) is 22.3. The van der Waals surface area contributed by atoms with E-state index in [1.165, 1.54) is 0 Å². The summed E-state index contributed by atoms with van der Waals surface area (Å²) in [5.41, 5.74) is 0. The first-order valence-corrected chi connectivity index (χ1v) is 15.5. The lowest BCUT2D eigenvalue weighted by atomic mass is 10.2. The standard InChI is InChI=1S/C16H35NO4Si2/c1-9-11-20-15(18)13-14(16(19)21-12-10-2)17(22(3,4)5)23(6,7)8/h14H,9-13H2,1-8H3. The Labute approximate surface area is 143 Å². The van der Waals surface area contributed by atoms with Crippen LogP contribution < -0.4 is 0 Å². The topological polar surface area (TPSA) is 55.8 Å². The number of nitrogens with zero attached hydrogens (tertiary/aromatic N) is 1. The summed E-state index contributed by atoms with van der Waals surface area (Å²) in [6.45, 7) is 18.0. The van der Waals surface area contributed by atoms with Crippen LogP contribution in [0.3, 0.4) is 0 Å². The van der Waals surface area contributed by atoms with Crippen LogP contribution in [0, 0.1) is 0 Å². The molecule has 0 aliphatic carbocycles. The Hall–Kier alpha value is -0.666. The minimum atomic E-state index is -1.80. The molecule has 0 amide bonds. The van der Waals surface area contributed by atoms with Crippen LogP contribution in [0.4, 0.5) is 0 Å². The van der Waals surface area contributed by atoms with Gasteiger partial charge in [-0.25, -0.2) is 0 Å². The number of rotatable bonds is 10. The van der Waals surface area contributed by atoms with Gasteiger partial charge in [-0.15, -0.1) is 0 Å². The van der Waals surface area contributed by atoms with Crippen LogP contribution in [0.2, 0.25) is 39.3 Å². The van der Waals surface area contributed by atoms with E-state index in [4.69, 9.17) is 9.47 Å². The normalized spacial score (nSPS) is 13.8. The van der Waals surface area contributed by atoms with Gasteiger partial charge < -0.3 is 13.7 Å². The fourth-order valence-corrected chi connectivity index (χ4v) is 13.3. The van der Waals surface area contributed by atoms with Crippen molar-refractivity contribution in [2.24, 2.45) is 0 Å². The molecule has 0 aromatic carbocycles. The van der Waals surface area contributed by atoms with Crippen LogP contribution in [0.25, 0.3) is 0 Å². The SMILES string of the molecule is CCCOC(=O)CC(C(=O)OCCC)N([Si](C)(C)C)[Si](C)(C)C.